The number of hydrogen-bond donors (Lipinski definition) is 2. The molecule has 2 rings (SSSR count). The van der Waals surface area contributed by atoms with Crippen molar-refractivity contribution in [1.82, 2.24) is 9.97 Å². The third-order valence-corrected chi connectivity index (χ3v) is 1.93. The van der Waals surface area contributed by atoms with Crippen molar-refractivity contribution in [3.05, 3.63) is 48.5 Å². The van der Waals surface area contributed by atoms with Gasteiger partial charge in [0, 0.05) is 5.56 Å². The van der Waals surface area contributed by atoms with E-state index in [0.29, 0.717) is 11.3 Å². The maximum atomic E-state index is 11.7. The van der Waals surface area contributed by atoms with Crippen LogP contribution in [0.5, 0.6) is 5.75 Å². The zero-order chi connectivity index (χ0) is 11.4. The molecule has 2 aromatic rings. The molecule has 80 valence electrons. The number of phenolic OH excluding ortho intramolecular Hbond substituents is 1. The molecule has 0 bridgehead atoms. The lowest BCUT2D eigenvalue weighted by Crippen LogP contribution is -2.11. The smallest absolute Gasteiger partial charge is 0.255 e. The monoisotopic (exact) mass is 215 g/mol. The summed E-state index contributed by atoms with van der Waals surface area (Å²) in [4.78, 5) is 19.2. The highest BCUT2D eigenvalue weighted by Crippen LogP contribution is 2.12. The van der Waals surface area contributed by atoms with Crippen molar-refractivity contribution in [2.45, 2.75) is 0 Å². The molecule has 1 aromatic carbocycles. The van der Waals surface area contributed by atoms with Gasteiger partial charge in [0.25, 0.3) is 5.91 Å². The van der Waals surface area contributed by atoms with E-state index in [2.05, 4.69) is 15.3 Å². The molecule has 0 spiro atoms. The van der Waals surface area contributed by atoms with Gasteiger partial charge in [0.15, 0.2) is 0 Å². The van der Waals surface area contributed by atoms with Crippen molar-refractivity contribution in [1.29, 1.82) is 0 Å². The molecule has 1 aromatic heterocycles. The summed E-state index contributed by atoms with van der Waals surface area (Å²) in [6, 6.07) is 6.10. The molecule has 0 atom stereocenters. The fourth-order valence-electron chi connectivity index (χ4n) is 1.21. The molecule has 0 aliphatic heterocycles. The number of nitrogens with zero attached hydrogens (tertiary/aromatic N) is 2. The first-order valence-electron chi connectivity index (χ1n) is 4.61. The number of aromatic nitrogens is 2. The Balaban J connectivity index is 2.15. The Kier molecular flexibility index (Phi) is 2.77. The number of carbonyl (C=O) groups excluding carboxylic acids is 1. The molecule has 2 N–H and O–H groups in total. The van der Waals surface area contributed by atoms with Crippen molar-refractivity contribution in [3.8, 4) is 5.75 Å². The summed E-state index contributed by atoms with van der Waals surface area (Å²) in [5.41, 5.74) is 0.889. The van der Waals surface area contributed by atoms with E-state index in [1.807, 2.05) is 0 Å². The second-order valence-electron chi connectivity index (χ2n) is 3.13. The largest absolute Gasteiger partial charge is 0.508 e. The number of hydrogen-bond acceptors (Lipinski definition) is 4. The molecule has 0 unspecified atom stereocenters. The molecular formula is C11H9N3O2. The lowest BCUT2D eigenvalue weighted by atomic mass is 10.2. The molecule has 0 fully saturated rings. The van der Waals surface area contributed by atoms with E-state index in [1.54, 1.807) is 12.1 Å². The number of anilines is 1. The van der Waals surface area contributed by atoms with Crippen molar-refractivity contribution < 1.29 is 9.90 Å². The van der Waals surface area contributed by atoms with E-state index in [0.717, 1.165) is 0 Å². The highest BCUT2D eigenvalue weighted by Gasteiger charge is 2.06. The predicted molar refractivity (Wildman–Crippen MR) is 58.1 cm³/mol. The molecule has 16 heavy (non-hydrogen) atoms. The molecule has 1 amide bonds. The minimum atomic E-state index is -0.314. The van der Waals surface area contributed by atoms with Crippen molar-refractivity contribution in [2.75, 3.05) is 5.32 Å². The highest BCUT2D eigenvalue weighted by molar-refractivity contribution is 6.04. The van der Waals surface area contributed by atoms with Gasteiger partial charge in [-0.25, -0.2) is 9.97 Å². The summed E-state index contributed by atoms with van der Waals surface area (Å²) in [6.45, 7) is 0. The Morgan fingerprint density at radius 2 is 2.00 bits per heavy atom. The lowest BCUT2D eigenvalue weighted by Gasteiger charge is -2.03. The molecule has 0 saturated carbocycles. The number of carbonyl (C=O) groups is 1. The second kappa shape index (κ2) is 4.39. The van der Waals surface area contributed by atoms with E-state index < -0.39 is 0 Å². The van der Waals surface area contributed by atoms with Gasteiger partial charge in [0.05, 0.1) is 18.1 Å². The molecule has 0 saturated heterocycles. The molecule has 1 heterocycles. The molecule has 5 heteroatoms. The first kappa shape index (κ1) is 10.1. The molecule has 0 aliphatic rings. The fourth-order valence-corrected chi connectivity index (χ4v) is 1.21. The van der Waals surface area contributed by atoms with Gasteiger partial charge in [-0.3, -0.25) is 4.79 Å². The third-order valence-electron chi connectivity index (χ3n) is 1.93. The SMILES string of the molecule is O=C(Nc1cncnc1)c1cccc(O)c1. The molecule has 0 aliphatic carbocycles. The topological polar surface area (TPSA) is 75.1 Å². The first-order valence-corrected chi connectivity index (χ1v) is 4.61. The summed E-state index contributed by atoms with van der Waals surface area (Å²) >= 11 is 0. The molecule has 0 radical (unpaired) electrons. The Bertz CT molecular complexity index is 500. The van der Waals surface area contributed by atoms with Gasteiger partial charge in [-0.1, -0.05) is 6.07 Å². The summed E-state index contributed by atoms with van der Waals surface area (Å²) in [5.74, 6) is -0.261. The van der Waals surface area contributed by atoms with Gasteiger partial charge in [-0.2, -0.15) is 0 Å². The number of rotatable bonds is 2. The lowest BCUT2D eigenvalue weighted by molar-refractivity contribution is 0.102. The van der Waals surface area contributed by atoms with Gasteiger partial charge in [0.1, 0.15) is 12.1 Å². The van der Waals surface area contributed by atoms with Crippen LogP contribution in [0.2, 0.25) is 0 Å². The van der Waals surface area contributed by atoms with E-state index in [-0.39, 0.29) is 11.7 Å². The van der Waals surface area contributed by atoms with Crippen LogP contribution in [0.4, 0.5) is 5.69 Å². The van der Waals surface area contributed by atoms with Crippen LogP contribution in [0.1, 0.15) is 10.4 Å². The minimum absolute atomic E-state index is 0.0527. The standard InChI is InChI=1S/C11H9N3O2/c15-10-3-1-2-8(4-10)11(16)14-9-5-12-7-13-6-9/h1-7,15H,(H,14,16). The Morgan fingerprint density at radius 3 is 2.69 bits per heavy atom. The summed E-state index contributed by atoms with van der Waals surface area (Å²) in [5, 5.41) is 11.8. The highest BCUT2D eigenvalue weighted by atomic mass is 16.3. The average Bonchev–Trinajstić information content (AvgIpc) is 2.30. The quantitative estimate of drug-likeness (QED) is 0.794. The van der Waals surface area contributed by atoms with Crippen molar-refractivity contribution in [3.63, 3.8) is 0 Å². The van der Waals surface area contributed by atoms with Crippen LogP contribution in [0, 0.1) is 0 Å². The maximum Gasteiger partial charge on any atom is 0.255 e. The Hall–Kier alpha value is -2.43. The van der Waals surface area contributed by atoms with E-state index >= 15 is 0 Å². The van der Waals surface area contributed by atoms with Crippen LogP contribution >= 0.6 is 0 Å². The van der Waals surface area contributed by atoms with E-state index in [9.17, 15) is 9.90 Å². The Labute approximate surface area is 91.8 Å². The number of aromatic hydroxyl groups is 1. The zero-order valence-corrected chi connectivity index (χ0v) is 8.29. The van der Waals surface area contributed by atoms with Crippen LogP contribution in [0.25, 0.3) is 0 Å². The summed E-state index contributed by atoms with van der Waals surface area (Å²) < 4.78 is 0. The number of amides is 1. The number of nitrogens with one attached hydrogen (secondary N) is 1. The normalized spacial score (nSPS) is 9.75. The van der Waals surface area contributed by atoms with E-state index in [4.69, 9.17) is 0 Å². The van der Waals surface area contributed by atoms with E-state index in [1.165, 1.54) is 30.9 Å². The Morgan fingerprint density at radius 1 is 1.25 bits per heavy atom. The van der Waals surface area contributed by atoms with Crippen LogP contribution in [-0.4, -0.2) is 21.0 Å². The predicted octanol–water partition coefficient (Wildman–Crippen LogP) is 1.43. The van der Waals surface area contributed by atoms with Crippen LogP contribution in [0.3, 0.4) is 0 Å². The van der Waals surface area contributed by atoms with Crippen molar-refractivity contribution in [2.24, 2.45) is 0 Å². The van der Waals surface area contributed by atoms with Crippen LogP contribution in [-0.2, 0) is 0 Å². The van der Waals surface area contributed by atoms with Crippen molar-refractivity contribution >= 4 is 11.6 Å². The summed E-state index contributed by atoms with van der Waals surface area (Å²) in [6.07, 6.45) is 4.37. The van der Waals surface area contributed by atoms with Gasteiger partial charge in [-0.05, 0) is 18.2 Å². The van der Waals surface area contributed by atoms with Gasteiger partial charge < -0.3 is 10.4 Å². The zero-order valence-electron chi connectivity index (χ0n) is 8.29. The second-order valence-corrected chi connectivity index (χ2v) is 3.13. The number of phenols is 1. The van der Waals surface area contributed by atoms with Crippen LogP contribution < -0.4 is 5.32 Å². The van der Waals surface area contributed by atoms with Gasteiger partial charge >= 0.3 is 0 Å². The first-order chi connectivity index (χ1) is 7.75. The van der Waals surface area contributed by atoms with Crippen LogP contribution in [0.15, 0.2) is 43.0 Å². The molecular weight excluding hydrogens is 206 g/mol. The third kappa shape index (κ3) is 2.33. The maximum absolute atomic E-state index is 11.7. The minimum Gasteiger partial charge on any atom is -0.508 e. The van der Waals surface area contributed by atoms with Gasteiger partial charge in [0.2, 0.25) is 0 Å². The van der Waals surface area contributed by atoms with Gasteiger partial charge in [-0.15, -0.1) is 0 Å². The number of benzene rings is 1. The fraction of sp³-hybridized carbons (Fsp3) is 0. The molecule has 5 nitrogen and oxygen atoms in total. The summed E-state index contributed by atoms with van der Waals surface area (Å²) in [7, 11) is 0. The average molecular weight is 215 g/mol.